The van der Waals surface area contributed by atoms with Gasteiger partial charge < -0.3 is 9.26 Å². The van der Waals surface area contributed by atoms with E-state index in [-0.39, 0.29) is 0 Å². The third kappa shape index (κ3) is 3.53. The molecule has 0 fully saturated rings. The number of aromatic nitrogens is 4. The van der Waals surface area contributed by atoms with Gasteiger partial charge in [-0.3, -0.25) is 4.57 Å². The van der Waals surface area contributed by atoms with Crippen molar-refractivity contribution in [2.45, 2.75) is 24.8 Å². The van der Waals surface area contributed by atoms with E-state index in [2.05, 4.69) is 51.7 Å². The summed E-state index contributed by atoms with van der Waals surface area (Å²) < 4.78 is 12.9. The van der Waals surface area contributed by atoms with Crippen molar-refractivity contribution in [2.75, 3.05) is 7.11 Å². The van der Waals surface area contributed by atoms with Crippen LogP contribution in [-0.4, -0.2) is 26.8 Å². The molecule has 0 aliphatic heterocycles. The number of para-hydroxylation sites is 1. The van der Waals surface area contributed by atoms with Crippen LogP contribution in [-0.2, 0) is 5.75 Å². The number of aryl methyl sites for hydroxylation is 1. The molecule has 0 atom stereocenters. The summed E-state index contributed by atoms with van der Waals surface area (Å²) in [4.78, 5) is 8.99. The van der Waals surface area contributed by atoms with Crippen LogP contribution in [0, 0.1) is 13.8 Å². The van der Waals surface area contributed by atoms with Crippen LogP contribution in [0.15, 0.2) is 64.5 Å². The Morgan fingerprint density at radius 3 is 2.82 bits per heavy atom. The van der Waals surface area contributed by atoms with Crippen LogP contribution in [0.1, 0.15) is 17.0 Å². The smallest absolute Gasteiger partial charge is 0.237 e. The van der Waals surface area contributed by atoms with E-state index in [1.54, 1.807) is 25.1 Å². The molecule has 0 bridgehead atoms. The second-order valence-corrected chi connectivity index (χ2v) is 7.24. The molecule has 2 aromatic carbocycles. The number of hydrogen-bond donors (Lipinski definition) is 0. The molecular formula is C21H20N4O2S. The molecule has 0 aliphatic carbocycles. The van der Waals surface area contributed by atoms with E-state index >= 15 is 0 Å². The number of imidazole rings is 1. The van der Waals surface area contributed by atoms with Crippen LogP contribution in [0.2, 0.25) is 0 Å². The van der Waals surface area contributed by atoms with Crippen molar-refractivity contribution >= 4 is 11.8 Å². The minimum atomic E-state index is 0.519. The molecule has 0 aliphatic rings. The second kappa shape index (κ2) is 7.90. The molecule has 4 rings (SSSR count). The van der Waals surface area contributed by atoms with Gasteiger partial charge in [-0.15, -0.1) is 0 Å². The first-order valence-corrected chi connectivity index (χ1v) is 9.84. The summed E-state index contributed by atoms with van der Waals surface area (Å²) in [7, 11) is 1.63. The molecule has 0 saturated heterocycles. The van der Waals surface area contributed by atoms with Crippen molar-refractivity contribution in [1.82, 2.24) is 19.7 Å². The first-order chi connectivity index (χ1) is 13.7. The van der Waals surface area contributed by atoms with Crippen molar-refractivity contribution in [2.24, 2.45) is 0 Å². The number of rotatable bonds is 6. The van der Waals surface area contributed by atoms with Crippen molar-refractivity contribution in [3.63, 3.8) is 0 Å². The molecule has 28 heavy (non-hydrogen) atoms. The average molecular weight is 392 g/mol. The molecular weight excluding hydrogens is 372 g/mol. The van der Waals surface area contributed by atoms with Gasteiger partial charge >= 0.3 is 0 Å². The Labute approximate surface area is 167 Å². The van der Waals surface area contributed by atoms with Crippen LogP contribution < -0.4 is 4.74 Å². The normalized spacial score (nSPS) is 11.0. The molecule has 6 nitrogen and oxygen atoms in total. The lowest BCUT2D eigenvalue weighted by Gasteiger charge is -2.11. The maximum Gasteiger partial charge on any atom is 0.237 e. The van der Waals surface area contributed by atoms with Crippen molar-refractivity contribution < 1.29 is 9.26 Å². The highest BCUT2D eigenvalue weighted by Crippen LogP contribution is 2.29. The highest BCUT2D eigenvalue weighted by atomic mass is 32.2. The Morgan fingerprint density at radius 1 is 1.11 bits per heavy atom. The molecule has 7 heteroatoms. The van der Waals surface area contributed by atoms with Gasteiger partial charge in [0.1, 0.15) is 5.75 Å². The zero-order valence-electron chi connectivity index (χ0n) is 15.9. The zero-order valence-corrected chi connectivity index (χ0v) is 16.7. The van der Waals surface area contributed by atoms with Gasteiger partial charge in [-0.1, -0.05) is 41.2 Å². The lowest BCUT2D eigenvalue weighted by atomic mass is 10.1. The quantitative estimate of drug-likeness (QED) is 0.438. The minimum Gasteiger partial charge on any atom is -0.496 e. The minimum absolute atomic E-state index is 0.519. The highest BCUT2D eigenvalue weighted by molar-refractivity contribution is 7.98. The third-order valence-corrected chi connectivity index (χ3v) is 5.53. The van der Waals surface area contributed by atoms with Gasteiger partial charge in [0.05, 0.1) is 24.1 Å². The van der Waals surface area contributed by atoms with Gasteiger partial charge in [0, 0.05) is 12.4 Å². The molecule has 0 amide bonds. The van der Waals surface area contributed by atoms with Crippen LogP contribution in [0.25, 0.3) is 17.1 Å². The predicted molar refractivity (Wildman–Crippen MR) is 109 cm³/mol. The largest absolute Gasteiger partial charge is 0.496 e. The fraction of sp³-hybridized carbons (Fsp3) is 0.190. The Hall–Kier alpha value is -3.06. The number of nitrogens with zero attached hydrogens (tertiary/aromatic N) is 4. The molecule has 2 heterocycles. The molecule has 142 valence electrons. The topological polar surface area (TPSA) is 66.0 Å². The molecule has 4 aromatic rings. The fourth-order valence-electron chi connectivity index (χ4n) is 2.96. The molecule has 0 unspecified atom stereocenters. The van der Waals surface area contributed by atoms with Gasteiger partial charge in [0.15, 0.2) is 5.16 Å². The van der Waals surface area contributed by atoms with Crippen LogP contribution in [0.3, 0.4) is 0 Å². The summed E-state index contributed by atoms with van der Waals surface area (Å²) in [5.41, 5.74) is 4.42. The number of methoxy groups -OCH3 is 1. The first-order valence-electron chi connectivity index (χ1n) is 8.86. The lowest BCUT2D eigenvalue weighted by molar-refractivity contribution is 0.390. The van der Waals surface area contributed by atoms with E-state index < -0.39 is 0 Å². The van der Waals surface area contributed by atoms with Gasteiger partial charge in [0.25, 0.3) is 0 Å². The maximum absolute atomic E-state index is 5.43. The number of ether oxygens (including phenoxy) is 1. The van der Waals surface area contributed by atoms with Crippen LogP contribution in [0.4, 0.5) is 0 Å². The Morgan fingerprint density at radius 2 is 1.96 bits per heavy atom. The van der Waals surface area contributed by atoms with E-state index in [4.69, 9.17) is 9.26 Å². The Kier molecular flexibility index (Phi) is 5.16. The molecule has 0 spiro atoms. The summed E-state index contributed by atoms with van der Waals surface area (Å²) >= 11 is 1.56. The van der Waals surface area contributed by atoms with E-state index in [0.29, 0.717) is 23.2 Å². The summed E-state index contributed by atoms with van der Waals surface area (Å²) in [5, 5.41) is 4.97. The molecule has 2 aromatic heterocycles. The fourth-order valence-corrected chi connectivity index (χ4v) is 3.76. The highest BCUT2D eigenvalue weighted by Gasteiger charge is 2.15. The van der Waals surface area contributed by atoms with Gasteiger partial charge in [0.2, 0.25) is 11.7 Å². The monoisotopic (exact) mass is 392 g/mol. The Bertz CT molecular complexity index is 1100. The van der Waals surface area contributed by atoms with Crippen molar-refractivity contribution in [1.29, 1.82) is 0 Å². The number of benzene rings is 2. The SMILES string of the molecule is COc1ccccc1-c1noc(CSc2nccn2-c2cccc(C)c2C)n1. The average Bonchev–Trinajstić information content (AvgIpc) is 3.38. The standard InChI is InChI=1S/C21H20N4O2S/c1-14-7-6-9-17(15(14)2)25-12-11-22-21(25)28-13-19-23-20(24-27-19)16-8-4-5-10-18(16)26-3/h4-12H,13H2,1-3H3. The van der Waals surface area contributed by atoms with E-state index in [0.717, 1.165) is 16.4 Å². The molecule has 0 radical (unpaired) electrons. The van der Waals surface area contributed by atoms with E-state index in [9.17, 15) is 0 Å². The summed E-state index contributed by atoms with van der Waals surface area (Å²) in [5.74, 6) is 2.31. The number of hydrogen-bond acceptors (Lipinski definition) is 6. The lowest BCUT2D eigenvalue weighted by Crippen LogP contribution is -1.99. The number of thioether (sulfide) groups is 1. The van der Waals surface area contributed by atoms with Crippen LogP contribution >= 0.6 is 11.8 Å². The van der Waals surface area contributed by atoms with Crippen molar-refractivity contribution in [3.8, 4) is 22.8 Å². The van der Waals surface area contributed by atoms with E-state index in [1.807, 2.05) is 30.5 Å². The Balaban J connectivity index is 1.53. The summed E-state index contributed by atoms with van der Waals surface area (Å²) in [6, 6.07) is 13.9. The van der Waals surface area contributed by atoms with Gasteiger partial charge in [-0.25, -0.2) is 4.98 Å². The first kappa shape index (κ1) is 18.3. The van der Waals surface area contributed by atoms with Crippen LogP contribution in [0.5, 0.6) is 5.75 Å². The van der Waals surface area contributed by atoms with Gasteiger partial charge in [-0.2, -0.15) is 4.98 Å². The third-order valence-electron chi connectivity index (χ3n) is 4.58. The second-order valence-electron chi connectivity index (χ2n) is 6.30. The van der Waals surface area contributed by atoms with E-state index in [1.165, 1.54) is 11.1 Å². The predicted octanol–water partition coefficient (Wildman–Crippen LogP) is 4.84. The van der Waals surface area contributed by atoms with Gasteiger partial charge in [-0.05, 0) is 43.2 Å². The summed E-state index contributed by atoms with van der Waals surface area (Å²) in [6.07, 6.45) is 3.77. The van der Waals surface area contributed by atoms with Crippen molar-refractivity contribution in [3.05, 3.63) is 71.9 Å². The summed E-state index contributed by atoms with van der Waals surface area (Å²) in [6.45, 7) is 4.23. The molecule has 0 saturated carbocycles. The zero-order chi connectivity index (χ0) is 19.5. The molecule has 0 N–H and O–H groups in total. The maximum atomic E-state index is 5.43.